The molecule has 20 heavy (non-hydrogen) atoms. The molecule has 0 bridgehead atoms. The Morgan fingerprint density at radius 1 is 1.25 bits per heavy atom. The van der Waals surface area contributed by atoms with Crippen molar-refractivity contribution in [2.75, 3.05) is 13.2 Å². The highest BCUT2D eigenvalue weighted by Crippen LogP contribution is 2.25. The number of ether oxygens (including phenoxy) is 1. The zero-order valence-electron chi connectivity index (χ0n) is 13.2. The van der Waals surface area contributed by atoms with Crippen LogP contribution in [-0.2, 0) is 4.74 Å². The molecule has 0 amide bonds. The van der Waals surface area contributed by atoms with Gasteiger partial charge in [-0.1, -0.05) is 25.1 Å². The smallest absolute Gasteiger partial charge is 0.0575 e. The van der Waals surface area contributed by atoms with Crippen LogP contribution in [0.15, 0.2) is 18.2 Å². The van der Waals surface area contributed by atoms with Crippen LogP contribution in [0.1, 0.15) is 61.8 Å². The van der Waals surface area contributed by atoms with E-state index in [9.17, 15) is 0 Å². The minimum absolute atomic E-state index is 0.463. The van der Waals surface area contributed by atoms with Crippen LogP contribution >= 0.6 is 0 Å². The van der Waals surface area contributed by atoms with Crippen molar-refractivity contribution in [3.05, 3.63) is 34.9 Å². The van der Waals surface area contributed by atoms with Crippen LogP contribution in [0.2, 0.25) is 0 Å². The molecule has 2 unspecified atom stereocenters. The maximum atomic E-state index is 5.86. The Hall–Kier alpha value is -0.860. The van der Waals surface area contributed by atoms with Crippen molar-refractivity contribution in [3.8, 4) is 0 Å². The van der Waals surface area contributed by atoms with Gasteiger partial charge in [-0.15, -0.1) is 0 Å². The van der Waals surface area contributed by atoms with Crippen molar-refractivity contribution >= 4 is 0 Å². The second-order valence-corrected chi connectivity index (χ2v) is 6.02. The summed E-state index contributed by atoms with van der Waals surface area (Å²) in [5, 5.41) is 3.63. The van der Waals surface area contributed by atoms with Crippen molar-refractivity contribution in [1.29, 1.82) is 0 Å². The largest absolute Gasteiger partial charge is 0.378 e. The van der Waals surface area contributed by atoms with Crippen molar-refractivity contribution in [2.45, 2.75) is 65.0 Å². The first-order chi connectivity index (χ1) is 9.70. The van der Waals surface area contributed by atoms with E-state index >= 15 is 0 Å². The molecule has 1 aromatic rings. The molecule has 2 heteroatoms. The van der Waals surface area contributed by atoms with E-state index < -0.39 is 0 Å². The maximum absolute atomic E-state index is 5.86. The van der Waals surface area contributed by atoms with E-state index in [1.807, 2.05) is 0 Å². The molecule has 1 aliphatic heterocycles. The van der Waals surface area contributed by atoms with Crippen LogP contribution < -0.4 is 5.32 Å². The molecule has 0 aromatic heterocycles. The molecule has 1 heterocycles. The molecule has 0 spiro atoms. The summed E-state index contributed by atoms with van der Waals surface area (Å²) in [5.41, 5.74) is 4.18. The van der Waals surface area contributed by atoms with E-state index in [2.05, 4.69) is 44.3 Å². The van der Waals surface area contributed by atoms with Crippen LogP contribution in [0, 0.1) is 13.8 Å². The lowest BCUT2D eigenvalue weighted by atomic mass is 9.95. The summed E-state index contributed by atoms with van der Waals surface area (Å²) < 4.78 is 5.86. The fourth-order valence-electron chi connectivity index (χ4n) is 3.00. The molecule has 0 saturated carbocycles. The number of rotatable bonds is 6. The summed E-state index contributed by atoms with van der Waals surface area (Å²) in [7, 11) is 0. The summed E-state index contributed by atoms with van der Waals surface area (Å²) in [6.45, 7) is 8.54. The van der Waals surface area contributed by atoms with Crippen molar-refractivity contribution in [3.63, 3.8) is 0 Å². The van der Waals surface area contributed by atoms with Gasteiger partial charge in [0.05, 0.1) is 6.10 Å². The molecule has 2 atom stereocenters. The lowest BCUT2D eigenvalue weighted by molar-refractivity contribution is 0.00856. The van der Waals surface area contributed by atoms with Crippen LogP contribution in [-0.4, -0.2) is 19.3 Å². The standard InChI is InChI=1S/C18H29NO/c1-4-19-18(11-10-17-7-5-6-12-20-17)16-9-8-14(2)15(3)13-16/h8-9,13,17-19H,4-7,10-12H2,1-3H3. The highest BCUT2D eigenvalue weighted by atomic mass is 16.5. The van der Waals surface area contributed by atoms with Gasteiger partial charge in [0.1, 0.15) is 0 Å². The van der Waals surface area contributed by atoms with Crippen molar-refractivity contribution < 1.29 is 4.74 Å². The van der Waals surface area contributed by atoms with Gasteiger partial charge in [0.25, 0.3) is 0 Å². The monoisotopic (exact) mass is 275 g/mol. The van der Waals surface area contributed by atoms with E-state index in [4.69, 9.17) is 4.74 Å². The van der Waals surface area contributed by atoms with E-state index in [1.165, 1.54) is 48.8 Å². The van der Waals surface area contributed by atoms with Crippen LogP contribution in [0.25, 0.3) is 0 Å². The molecule has 1 N–H and O–H groups in total. The average Bonchev–Trinajstić information content (AvgIpc) is 2.47. The highest BCUT2D eigenvalue weighted by molar-refractivity contribution is 5.31. The lowest BCUT2D eigenvalue weighted by Crippen LogP contribution is -2.25. The number of aryl methyl sites for hydroxylation is 2. The van der Waals surface area contributed by atoms with Crippen LogP contribution in [0.5, 0.6) is 0 Å². The Morgan fingerprint density at radius 2 is 2.10 bits per heavy atom. The van der Waals surface area contributed by atoms with Gasteiger partial charge in [0.2, 0.25) is 0 Å². The molecule has 1 saturated heterocycles. The van der Waals surface area contributed by atoms with E-state index in [0.29, 0.717) is 12.1 Å². The second-order valence-electron chi connectivity index (χ2n) is 6.02. The van der Waals surface area contributed by atoms with Crippen molar-refractivity contribution in [2.24, 2.45) is 0 Å². The molecule has 2 nitrogen and oxygen atoms in total. The van der Waals surface area contributed by atoms with Gasteiger partial charge in [-0.25, -0.2) is 0 Å². The Labute approximate surface area is 123 Å². The number of hydrogen-bond donors (Lipinski definition) is 1. The summed E-state index contributed by atoms with van der Waals surface area (Å²) in [4.78, 5) is 0. The van der Waals surface area contributed by atoms with Gasteiger partial charge in [-0.3, -0.25) is 0 Å². The second kappa shape index (κ2) is 7.80. The van der Waals surface area contributed by atoms with E-state index in [0.717, 1.165) is 13.2 Å². The Balaban J connectivity index is 1.96. The molecule has 1 aromatic carbocycles. The van der Waals surface area contributed by atoms with Gasteiger partial charge in [-0.05, 0) is 69.2 Å². The molecule has 1 aliphatic rings. The third-order valence-electron chi connectivity index (χ3n) is 4.44. The maximum Gasteiger partial charge on any atom is 0.0575 e. The predicted octanol–water partition coefficient (Wildman–Crippen LogP) is 4.30. The number of hydrogen-bond acceptors (Lipinski definition) is 2. The normalized spacial score (nSPS) is 20.9. The molecule has 1 fully saturated rings. The Bertz CT molecular complexity index is 410. The summed E-state index contributed by atoms with van der Waals surface area (Å²) in [6.07, 6.45) is 6.64. The van der Waals surface area contributed by atoms with Gasteiger partial charge in [-0.2, -0.15) is 0 Å². The van der Waals surface area contributed by atoms with E-state index in [-0.39, 0.29) is 0 Å². The first-order valence-electron chi connectivity index (χ1n) is 8.13. The van der Waals surface area contributed by atoms with Gasteiger partial charge in [0, 0.05) is 12.6 Å². The quantitative estimate of drug-likeness (QED) is 0.835. The van der Waals surface area contributed by atoms with Gasteiger partial charge in [0.15, 0.2) is 0 Å². The van der Waals surface area contributed by atoms with Crippen LogP contribution in [0.3, 0.4) is 0 Å². The molecule has 2 rings (SSSR count). The zero-order chi connectivity index (χ0) is 14.4. The minimum atomic E-state index is 0.463. The molecule has 112 valence electrons. The van der Waals surface area contributed by atoms with Gasteiger partial charge < -0.3 is 10.1 Å². The third-order valence-corrected chi connectivity index (χ3v) is 4.44. The van der Waals surface area contributed by atoms with E-state index in [1.54, 1.807) is 0 Å². The number of nitrogens with one attached hydrogen (secondary N) is 1. The summed E-state index contributed by atoms with van der Waals surface area (Å²) >= 11 is 0. The third kappa shape index (κ3) is 4.32. The topological polar surface area (TPSA) is 21.3 Å². The first-order valence-corrected chi connectivity index (χ1v) is 8.13. The van der Waals surface area contributed by atoms with Gasteiger partial charge >= 0.3 is 0 Å². The minimum Gasteiger partial charge on any atom is -0.378 e. The van der Waals surface area contributed by atoms with Crippen LogP contribution in [0.4, 0.5) is 0 Å². The fraction of sp³-hybridized carbons (Fsp3) is 0.667. The average molecular weight is 275 g/mol. The zero-order valence-corrected chi connectivity index (χ0v) is 13.2. The Kier molecular flexibility index (Phi) is 6.06. The SMILES string of the molecule is CCNC(CCC1CCCCO1)c1ccc(C)c(C)c1. The first kappa shape index (κ1) is 15.5. The number of benzene rings is 1. The lowest BCUT2D eigenvalue weighted by Gasteiger charge is -2.25. The molecule has 0 aliphatic carbocycles. The molecule has 0 radical (unpaired) electrons. The predicted molar refractivity (Wildman–Crippen MR) is 85.2 cm³/mol. The summed E-state index contributed by atoms with van der Waals surface area (Å²) in [5.74, 6) is 0. The fourth-order valence-corrected chi connectivity index (χ4v) is 3.00. The summed E-state index contributed by atoms with van der Waals surface area (Å²) in [6, 6.07) is 7.32. The molecular weight excluding hydrogens is 246 g/mol. The Morgan fingerprint density at radius 3 is 2.75 bits per heavy atom. The van der Waals surface area contributed by atoms with Crippen molar-refractivity contribution in [1.82, 2.24) is 5.32 Å². The molecular formula is C18H29NO. The highest BCUT2D eigenvalue weighted by Gasteiger charge is 2.17.